The summed E-state index contributed by atoms with van der Waals surface area (Å²) in [7, 11) is -2.61. The first-order valence-electron chi connectivity index (χ1n) is 11.9. The first-order chi connectivity index (χ1) is 17.4. The summed E-state index contributed by atoms with van der Waals surface area (Å²) in [5.41, 5.74) is 0.303. The van der Waals surface area contributed by atoms with Gasteiger partial charge in [0.2, 0.25) is 10.0 Å². The van der Waals surface area contributed by atoms with Crippen LogP contribution in [0.4, 0.5) is 10.1 Å². The van der Waals surface area contributed by atoms with E-state index in [0.717, 1.165) is 12.8 Å². The van der Waals surface area contributed by atoms with E-state index in [0.29, 0.717) is 11.3 Å². The molecule has 3 heterocycles. The first kappa shape index (κ1) is 25.2. The number of nitrogens with one attached hydrogen (secondary N) is 3. The molecule has 1 saturated carbocycles. The van der Waals surface area contributed by atoms with Crippen molar-refractivity contribution in [2.24, 2.45) is 13.0 Å². The Labute approximate surface area is 213 Å². The molecule has 0 radical (unpaired) electrons. The number of hydrogen-bond acceptors (Lipinski definition) is 6. The zero-order valence-corrected chi connectivity index (χ0v) is 21.4. The Bertz CT molecular complexity index is 1420. The summed E-state index contributed by atoms with van der Waals surface area (Å²) in [6, 6.07) is 3.43. The predicted molar refractivity (Wildman–Crippen MR) is 130 cm³/mol. The number of rotatable bonds is 3. The second-order valence-corrected chi connectivity index (χ2v) is 11.9. The molecule has 2 fully saturated rings. The van der Waals surface area contributed by atoms with E-state index in [4.69, 9.17) is 4.74 Å². The van der Waals surface area contributed by atoms with Gasteiger partial charge in [0, 0.05) is 49.5 Å². The lowest BCUT2D eigenvalue weighted by atomic mass is 10.1. The van der Waals surface area contributed by atoms with E-state index in [1.54, 1.807) is 6.92 Å². The molecule has 2 aliphatic heterocycles. The fourth-order valence-corrected chi connectivity index (χ4v) is 6.15. The van der Waals surface area contributed by atoms with Crippen LogP contribution in [0.3, 0.4) is 0 Å². The number of benzene rings is 1. The van der Waals surface area contributed by atoms with Crippen LogP contribution in [-0.4, -0.2) is 66.9 Å². The fourth-order valence-electron chi connectivity index (χ4n) is 4.66. The second-order valence-electron chi connectivity index (χ2n) is 10.2. The lowest BCUT2D eigenvalue weighted by Crippen LogP contribution is -2.47. The molecule has 0 bridgehead atoms. The highest BCUT2D eigenvalue weighted by atomic mass is 32.2. The molecule has 5 rings (SSSR count). The molecule has 1 aromatic carbocycles. The minimum Gasteiger partial charge on any atom is -0.489 e. The Kier molecular flexibility index (Phi) is 6.02. The molecular weight excluding hydrogens is 505 g/mol. The fraction of sp³-hybridized carbons (Fsp3) is 0.458. The smallest absolute Gasteiger partial charge is 0.311 e. The molecule has 2 aromatic rings. The summed E-state index contributed by atoms with van der Waals surface area (Å²) in [6.07, 6.45) is 2.89. The maximum absolute atomic E-state index is 13.6. The van der Waals surface area contributed by atoms with E-state index in [1.165, 1.54) is 40.9 Å². The molecule has 1 aromatic heterocycles. The molecule has 2 atom stereocenters. The molecule has 1 aliphatic carbocycles. The Morgan fingerprint density at radius 1 is 1.22 bits per heavy atom. The monoisotopic (exact) mass is 533 g/mol. The van der Waals surface area contributed by atoms with Crippen LogP contribution < -0.4 is 20.1 Å². The predicted octanol–water partition coefficient (Wildman–Crippen LogP) is 0.891. The van der Waals surface area contributed by atoms with E-state index < -0.39 is 45.5 Å². The van der Waals surface area contributed by atoms with Crippen molar-refractivity contribution >= 4 is 33.4 Å². The Morgan fingerprint density at radius 2 is 1.95 bits per heavy atom. The van der Waals surface area contributed by atoms with Crippen LogP contribution in [0.1, 0.15) is 35.8 Å². The Balaban J connectivity index is 1.36. The molecule has 13 heteroatoms. The normalized spacial score (nSPS) is 23.1. The highest BCUT2D eigenvalue weighted by molar-refractivity contribution is 7.89. The van der Waals surface area contributed by atoms with Crippen LogP contribution in [0.15, 0.2) is 29.3 Å². The number of likely N-dealkylation sites (tertiary alicyclic amines) is 1. The van der Waals surface area contributed by atoms with Crippen LogP contribution in [0, 0.1) is 18.7 Å². The molecule has 0 spiro atoms. The number of carbonyl (C=O) groups excluding carboxylic acids is 3. The number of aryl methyl sites for hydroxylation is 2. The number of ether oxygens (including phenoxy) is 1. The third kappa shape index (κ3) is 4.80. The summed E-state index contributed by atoms with van der Waals surface area (Å²) in [4.78, 5) is 39.3. The highest BCUT2D eigenvalue weighted by Gasteiger charge is 2.45. The number of halogens is 1. The van der Waals surface area contributed by atoms with Crippen molar-refractivity contribution in [1.82, 2.24) is 19.5 Å². The zero-order valence-electron chi connectivity index (χ0n) is 20.6. The van der Waals surface area contributed by atoms with Crippen molar-refractivity contribution < 1.29 is 31.9 Å². The van der Waals surface area contributed by atoms with E-state index in [-0.39, 0.29) is 41.6 Å². The van der Waals surface area contributed by atoms with Crippen molar-refractivity contribution in [3.63, 3.8) is 0 Å². The third-order valence-corrected chi connectivity index (χ3v) is 8.59. The number of fused-ring (bicyclic) bond motifs is 2. The number of hydrogen-bond donors (Lipinski definition) is 3. The van der Waals surface area contributed by atoms with Crippen LogP contribution in [0.25, 0.3) is 0 Å². The van der Waals surface area contributed by atoms with E-state index >= 15 is 0 Å². The van der Waals surface area contributed by atoms with E-state index in [1.807, 2.05) is 6.92 Å². The van der Waals surface area contributed by atoms with Crippen LogP contribution >= 0.6 is 0 Å². The number of carbonyl (C=O) groups is 3. The highest BCUT2D eigenvalue weighted by Crippen LogP contribution is 2.36. The maximum atomic E-state index is 13.6. The second kappa shape index (κ2) is 8.84. The quantitative estimate of drug-likeness (QED) is 0.501. The average Bonchev–Trinajstić information content (AvgIpc) is 3.26. The SMILES string of the molecule is Cc1cc(NC(=O)c2c3c(cn2C)S(=O)(=O)N[C@H]2CN(C(=O)C(=O)NC4(C)CC4)C[C@H]2CO3)ccc1F. The summed E-state index contributed by atoms with van der Waals surface area (Å²) < 4.78 is 50.0. The van der Waals surface area contributed by atoms with E-state index in [2.05, 4.69) is 15.4 Å². The van der Waals surface area contributed by atoms with Gasteiger partial charge in [0.15, 0.2) is 11.4 Å². The summed E-state index contributed by atoms with van der Waals surface area (Å²) in [5, 5.41) is 5.38. The van der Waals surface area contributed by atoms with Gasteiger partial charge < -0.3 is 24.8 Å². The molecule has 198 valence electrons. The number of aromatic nitrogens is 1. The van der Waals surface area contributed by atoms with Crippen molar-refractivity contribution in [1.29, 1.82) is 0 Å². The summed E-state index contributed by atoms with van der Waals surface area (Å²) >= 11 is 0. The van der Waals surface area contributed by atoms with Gasteiger partial charge in [0.25, 0.3) is 5.91 Å². The standard InChI is InChI=1S/C24H28FN5O6S/c1-13-8-15(4-5-16(13)25)26-21(31)19-20-18(11-29(19)3)37(34,35)28-17-10-30(9-14(17)12-36-20)23(33)22(32)27-24(2)6-7-24/h4-5,8,11,14,17,28H,6-7,9-10,12H2,1-3H3,(H,26,31)(H,27,32)/t14-,17-/m0/s1. The van der Waals surface area contributed by atoms with Crippen molar-refractivity contribution in [2.75, 3.05) is 25.0 Å². The minimum absolute atomic E-state index is 0.0171. The van der Waals surface area contributed by atoms with Gasteiger partial charge in [-0.2, -0.15) is 0 Å². The molecule has 3 aliphatic rings. The third-order valence-electron chi connectivity index (χ3n) is 7.11. The van der Waals surface area contributed by atoms with Crippen LogP contribution in [0.2, 0.25) is 0 Å². The molecule has 3 N–H and O–H groups in total. The summed E-state index contributed by atoms with van der Waals surface area (Å²) in [6.45, 7) is 3.58. The first-order valence-corrected chi connectivity index (χ1v) is 13.4. The molecular formula is C24H28FN5O6S. The van der Waals surface area contributed by atoms with Crippen LogP contribution in [-0.2, 0) is 26.7 Å². The number of anilines is 1. The van der Waals surface area contributed by atoms with Gasteiger partial charge in [-0.05, 0) is 50.5 Å². The lowest BCUT2D eigenvalue weighted by molar-refractivity contribution is -0.145. The van der Waals surface area contributed by atoms with Crippen LogP contribution in [0.5, 0.6) is 5.75 Å². The van der Waals surface area contributed by atoms with Crippen molar-refractivity contribution in [3.8, 4) is 5.75 Å². The number of nitrogens with zero attached hydrogens (tertiary/aromatic N) is 2. The Hall–Kier alpha value is -3.45. The van der Waals surface area contributed by atoms with Crippen molar-refractivity contribution in [3.05, 3.63) is 41.5 Å². The number of sulfonamides is 1. The Morgan fingerprint density at radius 3 is 2.62 bits per heavy atom. The van der Waals surface area contributed by atoms with E-state index in [9.17, 15) is 27.2 Å². The molecule has 37 heavy (non-hydrogen) atoms. The average molecular weight is 534 g/mol. The van der Waals surface area contributed by atoms with Gasteiger partial charge in [0.05, 0.1) is 6.61 Å². The molecule has 3 amide bonds. The largest absolute Gasteiger partial charge is 0.489 e. The zero-order chi connectivity index (χ0) is 26.7. The van der Waals surface area contributed by atoms with Gasteiger partial charge in [-0.15, -0.1) is 0 Å². The van der Waals surface area contributed by atoms with Gasteiger partial charge >= 0.3 is 11.8 Å². The lowest BCUT2D eigenvalue weighted by Gasteiger charge is -2.23. The van der Waals surface area contributed by atoms with Gasteiger partial charge in [-0.25, -0.2) is 17.5 Å². The van der Waals surface area contributed by atoms with Gasteiger partial charge in [-0.3, -0.25) is 14.4 Å². The van der Waals surface area contributed by atoms with Gasteiger partial charge in [-0.1, -0.05) is 0 Å². The number of amides is 3. The maximum Gasteiger partial charge on any atom is 0.311 e. The molecule has 11 nitrogen and oxygen atoms in total. The van der Waals surface area contributed by atoms with Crippen molar-refractivity contribution in [2.45, 2.75) is 43.2 Å². The summed E-state index contributed by atoms with van der Waals surface area (Å²) in [5.74, 6) is -3.03. The van der Waals surface area contributed by atoms with Gasteiger partial charge in [0.1, 0.15) is 10.7 Å². The topological polar surface area (TPSA) is 139 Å². The minimum atomic E-state index is -4.13. The molecule has 0 unspecified atom stereocenters. The molecule has 1 saturated heterocycles.